The van der Waals surface area contributed by atoms with E-state index in [1.165, 1.54) is 19.3 Å². The zero-order chi connectivity index (χ0) is 10.7. The van der Waals surface area contributed by atoms with Crippen molar-refractivity contribution < 1.29 is 9.84 Å². The van der Waals surface area contributed by atoms with E-state index in [0.29, 0.717) is 6.10 Å². The molecule has 0 bridgehead atoms. The number of rotatable bonds is 2. The van der Waals surface area contributed by atoms with Gasteiger partial charge in [-0.1, -0.05) is 22.4 Å². The first-order chi connectivity index (χ1) is 7.24. The Hall–Kier alpha value is -0.700. The van der Waals surface area contributed by atoms with Crippen molar-refractivity contribution in [2.75, 3.05) is 0 Å². The molecule has 1 aromatic carbocycles. The third-order valence-corrected chi connectivity index (χ3v) is 3.17. The fraction of sp³-hybridized carbons (Fsp3) is 0.500. The van der Waals surface area contributed by atoms with E-state index in [1.54, 1.807) is 12.1 Å². The van der Waals surface area contributed by atoms with E-state index in [1.807, 2.05) is 6.07 Å². The Morgan fingerprint density at radius 1 is 1.13 bits per heavy atom. The molecule has 15 heavy (non-hydrogen) atoms. The van der Waals surface area contributed by atoms with Crippen LogP contribution in [0.3, 0.4) is 0 Å². The Morgan fingerprint density at radius 2 is 1.87 bits per heavy atom. The fourth-order valence-corrected chi connectivity index (χ4v) is 2.45. The average molecular weight is 271 g/mol. The zero-order valence-corrected chi connectivity index (χ0v) is 10.2. The van der Waals surface area contributed by atoms with Gasteiger partial charge < -0.3 is 9.84 Å². The Balaban J connectivity index is 2.02. The van der Waals surface area contributed by atoms with Crippen molar-refractivity contribution in [2.45, 2.75) is 38.2 Å². The number of aromatic hydroxyl groups is 1. The summed E-state index contributed by atoms with van der Waals surface area (Å²) < 4.78 is 6.68. The van der Waals surface area contributed by atoms with Crippen LogP contribution in [0.4, 0.5) is 0 Å². The maximum absolute atomic E-state index is 9.41. The number of halogens is 1. The van der Waals surface area contributed by atoms with E-state index in [4.69, 9.17) is 4.74 Å². The number of phenols is 1. The van der Waals surface area contributed by atoms with Crippen LogP contribution in [0.5, 0.6) is 11.5 Å². The Labute approximate surface area is 98.4 Å². The van der Waals surface area contributed by atoms with E-state index >= 15 is 0 Å². The van der Waals surface area contributed by atoms with Crippen LogP contribution in [0.25, 0.3) is 0 Å². The van der Waals surface area contributed by atoms with Crippen molar-refractivity contribution in [1.29, 1.82) is 0 Å². The van der Waals surface area contributed by atoms with Crippen molar-refractivity contribution >= 4 is 15.9 Å². The zero-order valence-electron chi connectivity index (χ0n) is 8.58. The summed E-state index contributed by atoms with van der Waals surface area (Å²) in [6.07, 6.45) is 6.42. The summed E-state index contributed by atoms with van der Waals surface area (Å²) in [5.41, 5.74) is 0. The standard InChI is InChI=1S/C12H15BrO2/c13-9-6-10(14)8-12(7-9)15-11-4-2-1-3-5-11/h6-8,11,14H,1-5H2. The molecular formula is C12H15BrO2. The molecule has 1 N–H and O–H groups in total. The number of ether oxygens (including phenoxy) is 1. The first kappa shape index (κ1) is 10.8. The summed E-state index contributed by atoms with van der Waals surface area (Å²) in [4.78, 5) is 0. The Kier molecular flexibility index (Phi) is 3.52. The third-order valence-electron chi connectivity index (χ3n) is 2.71. The molecule has 1 aliphatic rings. The van der Waals surface area contributed by atoms with Crippen molar-refractivity contribution in [3.05, 3.63) is 22.7 Å². The first-order valence-electron chi connectivity index (χ1n) is 5.40. The van der Waals surface area contributed by atoms with Gasteiger partial charge in [0, 0.05) is 10.5 Å². The highest BCUT2D eigenvalue weighted by Gasteiger charge is 2.15. The van der Waals surface area contributed by atoms with Crippen LogP contribution in [0.2, 0.25) is 0 Å². The van der Waals surface area contributed by atoms with E-state index in [0.717, 1.165) is 23.1 Å². The van der Waals surface area contributed by atoms with Crippen LogP contribution in [-0.2, 0) is 0 Å². The summed E-state index contributed by atoms with van der Waals surface area (Å²) >= 11 is 3.34. The molecule has 0 radical (unpaired) electrons. The second kappa shape index (κ2) is 4.88. The third kappa shape index (κ3) is 3.13. The Bertz CT molecular complexity index is 312. The van der Waals surface area contributed by atoms with Crippen molar-refractivity contribution in [2.24, 2.45) is 0 Å². The van der Waals surface area contributed by atoms with Gasteiger partial charge in [-0.2, -0.15) is 0 Å². The summed E-state index contributed by atoms with van der Waals surface area (Å²) in [7, 11) is 0. The van der Waals surface area contributed by atoms with Gasteiger partial charge in [0.1, 0.15) is 11.5 Å². The van der Waals surface area contributed by atoms with E-state index in [-0.39, 0.29) is 5.75 Å². The monoisotopic (exact) mass is 270 g/mol. The molecule has 0 aromatic heterocycles. The van der Waals surface area contributed by atoms with E-state index in [9.17, 15) is 5.11 Å². The first-order valence-corrected chi connectivity index (χ1v) is 6.19. The topological polar surface area (TPSA) is 29.5 Å². The highest BCUT2D eigenvalue weighted by Crippen LogP contribution is 2.28. The van der Waals surface area contributed by atoms with Gasteiger partial charge in [0.25, 0.3) is 0 Å². The van der Waals surface area contributed by atoms with Gasteiger partial charge in [-0.25, -0.2) is 0 Å². The van der Waals surface area contributed by atoms with Crippen LogP contribution in [-0.4, -0.2) is 11.2 Å². The van der Waals surface area contributed by atoms with Crippen LogP contribution < -0.4 is 4.74 Å². The molecule has 1 saturated carbocycles. The maximum atomic E-state index is 9.41. The van der Waals surface area contributed by atoms with Crippen LogP contribution in [0.15, 0.2) is 22.7 Å². The molecule has 0 aliphatic heterocycles. The van der Waals surface area contributed by atoms with Crippen LogP contribution >= 0.6 is 15.9 Å². The minimum Gasteiger partial charge on any atom is -0.508 e. The van der Waals surface area contributed by atoms with Gasteiger partial charge in [0.2, 0.25) is 0 Å². The predicted molar refractivity (Wildman–Crippen MR) is 63.3 cm³/mol. The molecule has 0 unspecified atom stereocenters. The lowest BCUT2D eigenvalue weighted by Crippen LogP contribution is -2.19. The van der Waals surface area contributed by atoms with Crippen molar-refractivity contribution in [3.8, 4) is 11.5 Å². The molecule has 0 atom stereocenters. The van der Waals surface area contributed by atoms with Crippen LogP contribution in [0, 0.1) is 0 Å². The molecule has 1 fully saturated rings. The van der Waals surface area contributed by atoms with Gasteiger partial charge in [0.15, 0.2) is 0 Å². The van der Waals surface area contributed by atoms with Gasteiger partial charge in [-0.15, -0.1) is 0 Å². The largest absolute Gasteiger partial charge is 0.508 e. The van der Waals surface area contributed by atoms with Gasteiger partial charge in [-0.3, -0.25) is 0 Å². The number of phenolic OH excluding ortho intramolecular Hbond substituents is 1. The normalized spacial score (nSPS) is 17.7. The number of hydrogen-bond acceptors (Lipinski definition) is 2. The highest BCUT2D eigenvalue weighted by atomic mass is 79.9. The minimum atomic E-state index is 0.246. The van der Waals surface area contributed by atoms with Gasteiger partial charge in [-0.05, 0) is 37.8 Å². The molecule has 1 aliphatic carbocycles. The van der Waals surface area contributed by atoms with E-state index in [2.05, 4.69) is 15.9 Å². The molecule has 0 amide bonds. The summed E-state index contributed by atoms with van der Waals surface area (Å²) in [5, 5.41) is 9.41. The van der Waals surface area contributed by atoms with Crippen molar-refractivity contribution in [1.82, 2.24) is 0 Å². The van der Waals surface area contributed by atoms with E-state index < -0.39 is 0 Å². The lowest BCUT2D eigenvalue weighted by molar-refractivity contribution is 0.154. The molecule has 2 nitrogen and oxygen atoms in total. The van der Waals surface area contributed by atoms with Crippen LogP contribution in [0.1, 0.15) is 32.1 Å². The minimum absolute atomic E-state index is 0.246. The smallest absolute Gasteiger partial charge is 0.124 e. The molecule has 0 heterocycles. The fourth-order valence-electron chi connectivity index (χ4n) is 1.99. The molecule has 0 saturated heterocycles. The maximum Gasteiger partial charge on any atom is 0.124 e. The number of benzene rings is 1. The molecule has 1 aromatic rings. The van der Waals surface area contributed by atoms with Crippen molar-refractivity contribution in [3.63, 3.8) is 0 Å². The lowest BCUT2D eigenvalue weighted by Gasteiger charge is -2.23. The lowest BCUT2D eigenvalue weighted by atomic mass is 9.98. The predicted octanol–water partition coefficient (Wildman–Crippen LogP) is 3.87. The quantitative estimate of drug-likeness (QED) is 0.884. The summed E-state index contributed by atoms with van der Waals surface area (Å²) in [6.45, 7) is 0. The molecular weight excluding hydrogens is 256 g/mol. The second-order valence-electron chi connectivity index (χ2n) is 4.02. The Morgan fingerprint density at radius 3 is 2.53 bits per heavy atom. The summed E-state index contributed by atoms with van der Waals surface area (Å²) in [6, 6.07) is 5.22. The average Bonchev–Trinajstić information content (AvgIpc) is 2.17. The molecule has 82 valence electrons. The molecule has 2 rings (SSSR count). The van der Waals surface area contributed by atoms with Gasteiger partial charge >= 0.3 is 0 Å². The summed E-state index contributed by atoms with van der Waals surface area (Å²) in [5.74, 6) is 1.00. The molecule has 3 heteroatoms. The number of hydrogen-bond donors (Lipinski definition) is 1. The highest BCUT2D eigenvalue weighted by molar-refractivity contribution is 9.10. The second-order valence-corrected chi connectivity index (χ2v) is 4.94. The SMILES string of the molecule is Oc1cc(Br)cc(OC2CCCCC2)c1. The van der Waals surface area contributed by atoms with Gasteiger partial charge in [0.05, 0.1) is 6.10 Å². The molecule has 0 spiro atoms.